The number of halogens is 1. The second-order valence-corrected chi connectivity index (χ2v) is 8.27. The molecule has 166 valence electrons. The molecule has 2 aromatic rings. The van der Waals surface area contributed by atoms with Crippen molar-refractivity contribution < 1.29 is 18.7 Å². The van der Waals surface area contributed by atoms with E-state index in [-0.39, 0.29) is 31.0 Å². The van der Waals surface area contributed by atoms with E-state index < -0.39 is 11.9 Å². The number of amides is 2. The third kappa shape index (κ3) is 5.84. The lowest BCUT2D eigenvalue weighted by Gasteiger charge is -2.30. The molecule has 0 heterocycles. The molecule has 1 N–H and O–H groups in total. The summed E-state index contributed by atoms with van der Waals surface area (Å²) in [4.78, 5) is 27.4. The molecular weight excluding hydrogens is 395 g/mol. The van der Waals surface area contributed by atoms with Crippen LogP contribution in [-0.4, -0.2) is 35.4 Å². The monoisotopic (exact) mass is 426 g/mol. The smallest absolute Gasteiger partial charge is 0.261 e. The molecule has 2 aromatic carbocycles. The molecule has 6 heteroatoms. The summed E-state index contributed by atoms with van der Waals surface area (Å²) in [5, 5.41) is 3.04. The van der Waals surface area contributed by atoms with E-state index in [1.165, 1.54) is 11.0 Å². The summed E-state index contributed by atoms with van der Waals surface area (Å²) in [6, 6.07) is 11.4. The fourth-order valence-corrected chi connectivity index (χ4v) is 3.89. The van der Waals surface area contributed by atoms with Crippen molar-refractivity contribution in [2.75, 3.05) is 6.61 Å². The first kappa shape index (κ1) is 22.8. The predicted molar refractivity (Wildman–Crippen MR) is 118 cm³/mol. The van der Waals surface area contributed by atoms with Crippen molar-refractivity contribution in [2.45, 2.75) is 65.1 Å². The van der Waals surface area contributed by atoms with Gasteiger partial charge in [0.1, 0.15) is 17.6 Å². The summed E-state index contributed by atoms with van der Waals surface area (Å²) in [5.74, 6) is -0.358. The van der Waals surface area contributed by atoms with Gasteiger partial charge in [-0.25, -0.2) is 4.39 Å². The topological polar surface area (TPSA) is 58.6 Å². The SMILES string of the molecule is Cc1cccc(OCC(=O)N(Cc2ccccc2F)C(C)C(=O)NC2CCCC2)c1C. The van der Waals surface area contributed by atoms with Gasteiger partial charge in [0.2, 0.25) is 5.91 Å². The zero-order chi connectivity index (χ0) is 22.4. The summed E-state index contributed by atoms with van der Waals surface area (Å²) < 4.78 is 20.1. The van der Waals surface area contributed by atoms with Gasteiger partial charge in [0.15, 0.2) is 6.61 Å². The van der Waals surface area contributed by atoms with E-state index in [0.29, 0.717) is 11.3 Å². The van der Waals surface area contributed by atoms with Crippen LogP contribution in [0.4, 0.5) is 4.39 Å². The van der Waals surface area contributed by atoms with Crippen LogP contribution in [0.15, 0.2) is 42.5 Å². The molecule has 1 unspecified atom stereocenters. The van der Waals surface area contributed by atoms with E-state index in [2.05, 4.69) is 5.32 Å². The number of carbonyl (C=O) groups excluding carboxylic acids is 2. The second-order valence-electron chi connectivity index (χ2n) is 8.27. The number of nitrogens with one attached hydrogen (secondary N) is 1. The van der Waals surface area contributed by atoms with Crippen LogP contribution in [-0.2, 0) is 16.1 Å². The number of hydrogen-bond acceptors (Lipinski definition) is 3. The molecule has 0 bridgehead atoms. The molecule has 1 saturated carbocycles. The van der Waals surface area contributed by atoms with Gasteiger partial charge in [-0.1, -0.05) is 43.2 Å². The molecule has 2 amide bonds. The second kappa shape index (κ2) is 10.4. The lowest BCUT2D eigenvalue weighted by molar-refractivity contribution is -0.142. The van der Waals surface area contributed by atoms with E-state index in [0.717, 1.165) is 36.8 Å². The Balaban J connectivity index is 1.75. The van der Waals surface area contributed by atoms with Crippen LogP contribution in [0, 0.1) is 19.7 Å². The maximum absolute atomic E-state index is 14.3. The van der Waals surface area contributed by atoms with Crippen molar-refractivity contribution in [1.29, 1.82) is 0 Å². The van der Waals surface area contributed by atoms with Gasteiger partial charge >= 0.3 is 0 Å². The molecule has 1 fully saturated rings. The molecule has 0 spiro atoms. The standard InChI is InChI=1S/C25H31FN2O3/c1-17-9-8-14-23(18(17)2)31-16-24(29)28(15-20-10-4-7-13-22(20)26)19(3)25(30)27-21-11-5-6-12-21/h4,7-10,13-14,19,21H,5-6,11-12,15-16H2,1-3H3,(H,27,30). The fourth-order valence-electron chi connectivity index (χ4n) is 3.89. The van der Waals surface area contributed by atoms with Gasteiger partial charge in [-0.2, -0.15) is 0 Å². The maximum atomic E-state index is 14.3. The third-order valence-corrected chi connectivity index (χ3v) is 6.07. The molecule has 1 aliphatic rings. The predicted octanol–water partition coefficient (Wildman–Crippen LogP) is 4.30. The molecular formula is C25H31FN2O3. The van der Waals surface area contributed by atoms with Crippen LogP contribution in [0.2, 0.25) is 0 Å². The van der Waals surface area contributed by atoms with Crippen molar-refractivity contribution in [2.24, 2.45) is 0 Å². The van der Waals surface area contributed by atoms with Crippen molar-refractivity contribution in [3.05, 3.63) is 65.0 Å². The van der Waals surface area contributed by atoms with E-state index in [9.17, 15) is 14.0 Å². The Morgan fingerprint density at radius 2 is 1.84 bits per heavy atom. The summed E-state index contributed by atoms with van der Waals surface area (Å²) in [7, 11) is 0. The van der Waals surface area contributed by atoms with Gasteiger partial charge in [-0.3, -0.25) is 9.59 Å². The average Bonchev–Trinajstić information content (AvgIpc) is 3.26. The van der Waals surface area contributed by atoms with Crippen molar-refractivity contribution in [3.63, 3.8) is 0 Å². The largest absolute Gasteiger partial charge is 0.483 e. The Kier molecular flexibility index (Phi) is 7.66. The fraction of sp³-hybridized carbons (Fsp3) is 0.440. The number of carbonyl (C=O) groups is 2. The van der Waals surface area contributed by atoms with Crippen LogP contribution in [0.25, 0.3) is 0 Å². The molecule has 0 aliphatic heterocycles. The van der Waals surface area contributed by atoms with Crippen LogP contribution in [0.5, 0.6) is 5.75 Å². The van der Waals surface area contributed by atoms with E-state index in [1.807, 2.05) is 32.0 Å². The number of hydrogen-bond donors (Lipinski definition) is 1. The molecule has 1 atom stereocenters. The molecule has 31 heavy (non-hydrogen) atoms. The Morgan fingerprint density at radius 1 is 1.13 bits per heavy atom. The summed E-state index contributed by atoms with van der Waals surface area (Å²) in [5.41, 5.74) is 2.39. The van der Waals surface area contributed by atoms with Crippen molar-refractivity contribution in [1.82, 2.24) is 10.2 Å². The maximum Gasteiger partial charge on any atom is 0.261 e. The molecule has 1 aliphatic carbocycles. The van der Waals surface area contributed by atoms with Crippen LogP contribution in [0.3, 0.4) is 0 Å². The van der Waals surface area contributed by atoms with E-state index >= 15 is 0 Å². The molecule has 0 radical (unpaired) electrons. The van der Waals surface area contributed by atoms with Crippen molar-refractivity contribution in [3.8, 4) is 5.75 Å². The number of ether oxygens (including phenoxy) is 1. The Bertz CT molecular complexity index is 925. The zero-order valence-electron chi connectivity index (χ0n) is 18.5. The lowest BCUT2D eigenvalue weighted by atomic mass is 10.1. The van der Waals surface area contributed by atoms with Gasteiger partial charge in [-0.05, 0) is 56.9 Å². The first-order chi connectivity index (χ1) is 14.9. The average molecular weight is 427 g/mol. The summed E-state index contributed by atoms with van der Waals surface area (Å²) in [6.45, 7) is 5.37. The van der Waals surface area contributed by atoms with Gasteiger partial charge in [0, 0.05) is 18.2 Å². The highest BCUT2D eigenvalue weighted by Gasteiger charge is 2.29. The summed E-state index contributed by atoms with van der Waals surface area (Å²) in [6.07, 6.45) is 4.10. The Labute approximate surface area is 183 Å². The minimum atomic E-state index is -0.741. The number of aryl methyl sites for hydroxylation is 1. The lowest BCUT2D eigenvalue weighted by Crippen LogP contribution is -2.50. The van der Waals surface area contributed by atoms with E-state index in [1.54, 1.807) is 25.1 Å². The van der Waals surface area contributed by atoms with Gasteiger partial charge in [0.05, 0.1) is 0 Å². The highest BCUT2D eigenvalue weighted by atomic mass is 19.1. The third-order valence-electron chi connectivity index (χ3n) is 6.07. The molecule has 3 rings (SSSR count). The normalized spacial score (nSPS) is 14.8. The van der Waals surface area contributed by atoms with Crippen LogP contribution < -0.4 is 10.1 Å². The van der Waals surface area contributed by atoms with Gasteiger partial charge < -0.3 is 15.0 Å². The quantitative estimate of drug-likeness (QED) is 0.685. The molecule has 0 saturated heterocycles. The van der Waals surface area contributed by atoms with Gasteiger partial charge in [-0.15, -0.1) is 0 Å². The highest BCUT2D eigenvalue weighted by molar-refractivity contribution is 5.88. The minimum absolute atomic E-state index is 0.000912. The summed E-state index contributed by atoms with van der Waals surface area (Å²) >= 11 is 0. The van der Waals surface area contributed by atoms with Crippen LogP contribution >= 0.6 is 0 Å². The first-order valence-corrected chi connectivity index (χ1v) is 10.9. The number of nitrogens with zero attached hydrogens (tertiary/aromatic N) is 1. The van der Waals surface area contributed by atoms with Crippen molar-refractivity contribution >= 4 is 11.8 Å². The van der Waals surface area contributed by atoms with E-state index in [4.69, 9.17) is 4.74 Å². The molecule has 0 aromatic heterocycles. The number of benzene rings is 2. The number of rotatable bonds is 8. The minimum Gasteiger partial charge on any atom is -0.483 e. The Hall–Kier alpha value is -2.89. The molecule has 5 nitrogen and oxygen atoms in total. The van der Waals surface area contributed by atoms with Crippen LogP contribution in [0.1, 0.15) is 49.3 Å². The highest BCUT2D eigenvalue weighted by Crippen LogP contribution is 2.22. The first-order valence-electron chi connectivity index (χ1n) is 10.9. The Morgan fingerprint density at radius 3 is 2.55 bits per heavy atom. The zero-order valence-corrected chi connectivity index (χ0v) is 18.5. The van der Waals surface area contributed by atoms with Gasteiger partial charge in [0.25, 0.3) is 5.91 Å².